The molecule has 0 aliphatic rings. The largest absolute Gasteiger partial charge is 0.507 e. The molecule has 1 aromatic heterocycles. The van der Waals surface area contributed by atoms with Crippen LogP contribution in [0.1, 0.15) is 17.3 Å². The lowest BCUT2D eigenvalue weighted by Crippen LogP contribution is -2.20. The van der Waals surface area contributed by atoms with Crippen LogP contribution in [-0.2, 0) is 4.79 Å². The third-order valence-electron chi connectivity index (χ3n) is 4.79. The Morgan fingerprint density at radius 1 is 1.00 bits per heavy atom. The van der Waals surface area contributed by atoms with E-state index in [0.29, 0.717) is 22.6 Å². The SMILES string of the molecule is CC(=O)c1ccc(NC(=O)COc2cc(O)c3c(=O)cc(-c4ccccc4)oc3c2)cc1. The Bertz CT molecular complexity index is 1360. The van der Waals surface area contributed by atoms with Crippen LogP contribution in [0.15, 0.2) is 82.0 Å². The monoisotopic (exact) mass is 429 g/mol. The normalized spacial score (nSPS) is 10.7. The van der Waals surface area contributed by atoms with Crippen molar-refractivity contribution < 1.29 is 23.8 Å². The van der Waals surface area contributed by atoms with Crippen molar-refractivity contribution in [3.63, 3.8) is 0 Å². The number of phenolic OH excluding ortho intramolecular Hbond substituents is 1. The summed E-state index contributed by atoms with van der Waals surface area (Å²) in [6.45, 7) is 1.13. The van der Waals surface area contributed by atoms with Crippen molar-refractivity contribution in [2.75, 3.05) is 11.9 Å². The number of rotatable bonds is 6. The van der Waals surface area contributed by atoms with Crippen LogP contribution in [0.2, 0.25) is 0 Å². The lowest BCUT2D eigenvalue weighted by molar-refractivity contribution is -0.118. The molecule has 0 aliphatic carbocycles. The van der Waals surface area contributed by atoms with Gasteiger partial charge in [-0.15, -0.1) is 0 Å². The lowest BCUT2D eigenvalue weighted by Gasteiger charge is -2.10. The molecule has 32 heavy (non-hydrogen) atoms. The van der Waals surface area contributed by atoms with E-state index in [1.165, 1.54) is 25.1 Å². The number of carbonyl (C=O) groups excluding carboxylic acids is 2. The molecule has 0 radical (unpaired) electrons. The van der Waals surface area contributed by atoms with Gasteiger partial charge in [0.15, 0.2) is 17.8 Å². The molecule has 0 aliphatic heterocycles. The van der Waals surface area contributed by atoms with E-state index in [1.54, 1.807) is 36.4 Å². The van der Waals surface area contributed by atoms with Crippen molar-refractivity contribution in [2.24, 2.45) is 0 Å². The number of benzene rings is 3. The van der Waals surface area contributed by atoms with E-state index in [4.69, 9.17) is 9.15 Å². The second kappa shape index (κ2) is 8.77. The predicted octanol–water partition coefficient (Wildman–Crippen LogP) is 4.39. The molecule has 160 valence electrons. The fourth-order valence-electron chi connectivity index (χ4n) is 3.21. The number of fused-ring (bicyclic) bond motifs is 1. The van der Waals surface area contributed by atoms with Crippen LogP contribution in [0.3, 0.4) is 0 Å². The predicted molar refractivity (Wildman–Crippen MR) is 120 cm³/mol. The highest BCUT2D eigenvalue weighted by atomic mass is 16.5. The fraction of sp³-hybridized carbons (Fsp3) is 0.0800. The molecule has 0 atom stereocenters. The fourth-order valence-corrected chi connectivity index (χ4v) is 3.21. The van der Waals surface area contributed by atoms with Gasteiger partial charge in [-0.25, -0.2) is 0 Å². The number of nitrogens with one attached hydrogen (secondary N) is 1. The number of anilines is 1. The van der Waals surface area contributed by atoms with Gasteiger partial charge < -0.3 is 19.6 Å². The van der Waals surface area contributed by atoms with Gasteiger partial charge in [-0.2, -0.15) is 0 Å². The third-order valence-corrected chi connectivity index (χ3v) is 4.79. The first kappa shape index (κ1) is 20.9. The first-order chi connectivity index (χ1) is 15.4. The van der Waals surface area contributed by atoms with Gasteiger partial charge in [-0.1, -0.05) is 30.3 Å². The van der Waals surface area contributed by atoms with E-state index in [2.05, 4.69) is 5.32 Å². The Morgan fingerprint density at radius 2 is 1.72 bits per heavy atom. The van der Waals surface area contributed by atoms with Crippen LogP contribution in [0.5, 0.6) is 11.5 Å². The number of ether oxygens (including phenoxy) is 1. The summed E-state index contributed by atoms with van der Waals surface area (Å²) in [5, 5.41) is 13.0. The maximum absolute atomic E-state index is 12.5. The van der Waals surface area contributed by atoms with Crippen LogP contribution in [0.25, 0.3) is 22.3 Å². The van der Waals surface area contributed by atoms with E-state index < -0.39 is 5.91 Å². The Kier molecular flexibility index (Phi) is 5.72. The molecule has 0 fully saturated rings. The maximum atomic E-state index is 12.5. The molecule has 0 saturated carbocycles. The third kappa shape index (κ3) is 4.52. The lowest BCUT2D eigenvalue weighted by atomic mass is 10.1. The van der Waals surface area contributed by atoms with Gasteiger partial charge in [0.05, 0.1) is 0 Å². The maximum Gasteiger partial charge on any atom is 0.262 e. The second-order valence-corrected chi connectivity index (χ2v) is 7.13. The number of Topliss-reactive ketones (excluding diaryl/α,β-unsaturated/α-hetero) is 1. The summed E-state index contributed by atoms with van der Waals surface area (Å²) >= 11 is 0. The smallest absolute Gasteiger partial charge is 0.262 e. The first-order valence-corrected chi connectivity index (χ1v) is 9.80. The molecule has 0 spiro atoms. The zero-order valence-corrected chi connectivity index (χ0v) is 17.1. The van der Waals surface area contributed by atoms with Gasteiger partial charge in [0.1, 0.15) is 28.2 Å². The van der Waals surface area contributed by atoms with Crippen LogP contribution in [0, 0.1) is 0 Å². The van der Waals surface area contributed by atoms with Gasteiger partial charge in [0.2, 0.25) is 0 Å². The zero-order valence-electron chi connectivity index (χ0n) is 17.1. The number of carbonyl (C=O) groups is 2. The first-order valence-electron chi connectivity index (χ1n) is 9.80. The number of hydrogen-bond donors (Lipinski definition) is 2. The van der Waals surface area contributed by atoms with Crippen molar-refractivity contribution in [1.29, 1.82) is 0 Å². The number of hydrogen-bond acceptors (Lipinski definition) is 6. The standard InChI is InChI=1S/C25H19NO6/c1-15(27)16-7-9-18(10-8-16)26-24(30)14-31-19-11-20(28)25-21(29)13-22(32-23(25)12-19)17-5-3-2-4-6-17/h2-13,28H,14H2,1H3,(H,26,30). The number of amides is 1. The van der Waals surface area contributed by atoms with E-state index in [0.717, 1.165) is 0 Å². The van der Waals surface area contributed by atoms with E-state index in [-0.39, 0.29) is 40.3 Å². The van der Waals surface area contributed by atoms with Crippen LogP contribution >= 0.6 is 0 Å². The molecule has 0 unspecified atom stereocenters. The van der Waals surface area contributed by atoms with E-state index >= 15 is 0 Å². The Hall–Kier alpha value is -4.39. The van der Waals surface area contributed by atoms with Gasteiger partial charge >= 0.3 is 0 Å². The Balaban J connectivity index is 1.52. The molecule has 0 bridgehead atoms. The van der Waals surface area contributed by atoms with Crippen LogP contribution in [-0.4, -0.2) is 23.4 Å². The Morgan fingerprint density at radius 3 is 2.41 bits per heavy atom. The number of phenols is 1. The van der Waals surface area contributed by atoms with Gasteiger partial charge in [-0.05, 0) is 31.2 Å². The molecular formula is C25H19NO6. The van der Waals surface area contributed by atoms with Crippen molar-refractivity contribution in [2.45, 2.75) is 6.92 Å². The summed E-state index contributed by atoms with van der Waals surface area (Å²) in [5.41, 5.74) is 1.53. The average Bonchev–Trinajstić information content (AvgIpc) is 2.78. The molecule has 7 heteroatoms. The van der Waals surface area contributed by atoms with Gasteiger partial charge in [0.25, 0.3) is 5.91 Å². The zero-order chi connectivity index (χ0) is 22.7. The topological polar surface area (TPSA) is 106 Å². The summed E-state index contributed by atoms with van der Waals surface area (Å²) in [7, 11) is 0. The summed E-state index contributed by atoms with van der Waals surface area (Å²) in [6.07, 6.45) is 0. The summed E-state index contributed by atoms with van der Waals surface area (Å²) in [4.78, 5) is 36.0. The van der Waals surface area contributed by atoms with E-state index in [9.17, 15) is 19.5 Å². The molecule has 4 rings (SSSR count). The highest BCUT2D eigenvalue weighted by molar-refractivity contribution is 5.96. The summed E-state index contributed by atoms with van der Waals surface area (Å²) < 4.78 is 11.3. The molecular weight excluding hydrogens is 410 g/mol. The molecule has 2 N–H and O–H groups in total. The summed E-state index contributed by atoms with van der Waals surface area (Å²) in [6, 6.07) is 19.6. The number of ketones is 1. The molecule has 3 aromatic carbocycles. The van der Waals surface area contributed by atoms with Crippen molar-refractivity contribution in [1.82, 2.24) is 0 Å². The van der Waals surface area contributed by atoms with Crippen molar-refractivity contribution in [3.05, 3.63) is 88.6 Å². The minimum Gasteiger partial charge on any atom is -0.507 e. The molecule has 4 aromatic rings. The van der Waals surface area contributed by atoms with E-state index in [1.807, 2.05) is 18.2 Å². The van der Waals surface area contributed by atoms with Crippen molar-refractivity contribution >= 4 is 28.3 Å². The molecule has 1 amide bonds. The molecule has 0 saturated heterocycles. The van der Waals surface area contributed by atoms with Crippen molar-refractivity contribution in [3.8, 4) is 22.8 Å². The number of aromatic hydroxyl groups is 1. The second-order valence-electron chi connectivity index (χ2n) is 7.13. The van der Waals surface area contributed by atoms with Crippen LogP contribution in [0.4, 0.5) is 5.69 Å². The highest BCUT2D eigenvalue weighted by Gasteiger charge is 2.14. The van der Waals surface area contributed by atoms with Gasteiger partial charge in [-0.3, -0.25) is 14.4 Å². The minimum atomic E-state index is -0.431. The van der Waals surface area contributed by atoms with Crippen LogP contribution < -0.4 is 15.5 Å². The minimum absolute atomic E-state index is 0.0343. The Labute approximate surface area is 182 Å². The van der Waals surface area contributed by atoms with Gasteiger partial charge in [0, 0.05) is 35.0 Å². The summed E-state index contributed by atoms with van der Waals surface area (Å²) in [5.74, 6) is -0.271. The average molecular weight is 429 g/mol. The quantitative estimate of drug-likeness (QED) is 0.441. The highest BCUT2D eigenvalue weighted by Crippen LogP contribution is 2.31. The molecule has 7 nitrogen and oxygen atoms in total. The molecule has 1 heterocycles.